The number of hydrogen-bond donors (Lipinski definition) is 2. The van der Waals surface area contributed by atoms with E-state index in [2.05, 4.69) is 0 Å². The first-order valence-electron chi connectivity index (χ1n) is 9.38. The highest BCUT2D eigenvalue weighted by molar-refractivity contribution is 5.95. The molecular formula is C18H32F4N2O2. The molecule has 0 saturated heterocycles. The first-order valence-corrected chi connectivity index (χ1v) is 9.38. The molecule has 2 amide bonds. The largest absolute Gasteiger partial charge is 0.395 e. The zero-order valence-corrected chi connectivity index (χ0v) is 16.1. The molecule has 2 atom stereocenters. The first kappa shape index (κ1) is 24.7. The monoisotopic (exact) mass is 384 g/mol. The van der Waals surface area contributed by atoms with Gasteiger partial charge in [-0.2, -0.15) is 17.6 Å². The van der Waals surface area contributed by atoms with Crippen LogP contribution in [0.15, 0.2) is 0 Å². The normalized spacial score (nSPS) is 14.6. The van der Waals surface area contributed by atoms with Crippen LogP contribution >= 0.6 is 0 Å². The molecule has 2 N–H and O–H groups in total. The SMILES string of the molecule is CCCCCC(C)NC(=O)C(F)(F)C(F)(F)C(=O)NC(C)CCCCC. The Morgan fingerprint density at radius 3 is 1.31 bits per heavy atom. The number of carbonyl (C=O) groups is 2. The molecule has 2 unspecified atom stereocenters. The summed E-state index contributed by atoms with van der Waals surface area (Å²) < 4.78 is 55.7. The lowest BCUT2D eigenvalue weighted by Gasteiger charge is -2.27. The summed E-state index contributed by atoms with van der Waals surface area (Å²) in [5.41, 5.74) is 0. The Hall–Kier alpha value is -1.34. The lowest BCUT2D eigenvalue weighted by atomic mass is 10.1. The molecule has 26 heavy (non-hydrogen) atoms. The van der Waals surface area contributed by atoms with Crippen LogP contribution in [0.3, 0.4) is 0 Å². The number of unbranched alkanes of at least 4 members (excludes halogenated alkanes) is 4. The molecule has 0 bridgehead atoms. The van der Waals surface area contributed by atoms with Gasteiger partial charge in [-0.15, -0.1) is 0 Å². The molecule has 0 aliphatic rings. The second kappa shape index (κ2) is 11.4. The fourth-order valence-electron chi connectivity index (χ4n) is 2.46. The van der Waals surface area contributed by atoms with E-state index in [9.17, 15) is 27.2 Å². The molecule has 0 aromatic carbocycles. The van der Waals surface area contributed by atoms with Crippen LogP contribution in [0.2, 0.25) is 0 Å². The summed E-state index contributed by atoms with van der Waals surface area (Å²) >= 11 is 0. The van der Waals surface area contributed by atoms with Crippen LogP contribution in [-0.4, -0.2) is 35.7 Å². The van der Waals surface area contributed by atoms with Gasteiger partial charge in [-0.25, -0.2) is 0 Å². The van der Waals surface area contributed by atoms with Crippen LogP contribution in [-0.2, 0) is 9.59 Å². The molecule has 0 aromatic heterocycles. The fraction of sp³-hybridized carbons (Fsp3) is 0.889. The summed E-state index contributed by atoms with van der Waals surface area (Å²) in [7, 11) is 0. The van der Waals surface area contributed by atoms with Gasteiger partial charge in [-0.3, -0.25) is 9.59 Å². The van der Waals surface area contributed by atoms with E-state index in [-0.39, 0.29) is 0 Å². The van der Waals surface area contributed by atoms with Crippen LogP contribution in [0.4, 0.5) is 17.6 Å². The van der Waals surface area contributed by atoms with E-state index < -0.39 is 35.7 Å². The summed E-state index contributed by atoms with van der Waals surface area (Å²) in [4.78, 5) is 23.3. The van der Waals surface area contributed by atoms with Crippen molar-refractivity contribution < 1.29 is 27.2 Å². The van der Waals surface area contributed by atoms with Crippen LogP contribution in [0, 0.1) is 0 Å². The van der Waals surface area contributed by atoms with Crippen LogP contribution in [0.5, 0.6) is 0 Å². The Balaban J connectivity index is 4.78. The predicted octanol–water partition coefficient (Wildman–Crippen LogP) is 4.43. The Morgan fingerprint density at radius 1 is 0.731 bits per heavy atom. The molecule has 0 aliphatic heterocycles. The molecule has 154 valence electrons. The van der Waals surface area contributed by atoms with Crippen molar-refractivity contribution in [2.24, 2.45) is 0 Å². The molecule has 0 saturated carbocycles. The molecule has 0 heterocycles. The smallest absolute Gasteiger partial charge is 0.348 e. The van der Waals surface area contributed by atoms with Gasteiger partial charge in [0.2, 0.25) is 0 Å². The Kier molecular flexibility index (Phi) is 10.8. The minimum atomic E-state index is -5.11. The molecule has 0 aromatic rings. The minimum Gasteiger partial charge on any atom is -0.348 e. The van der Waals surface area contributed by atoms with Crippen LogP contribution in [0.25, 0.3) is 0 Å². The highest BCUT2D eigenvalue weighted by Gasteiger charge is 2.67. The van der Waals surface area contributed by atoms with Crippen molar-refractivity contribution in [3.05, 3.63) is 0 Å². The third-order valence-corrected chi connectivity index (χ3v) is 4.20. The van der Waals surface area contributed by atoms with Crippen LogP contribution < -0.4 is 10.6 Å². The van der Waals surface area contributed by atoms with Gasteiger partial charge >= 0.3 is 11.8 Å². The number of halogens is 4. The van der Waals surface area contributed by atoms with Crippen molar-refractivity contribution in [2.75, 3.05) is 0 Å². The molecule has 8 heteroatoms. The zero-order chi connectivity index (χ0) is 20.4. The highest BCUT2D eigenvalue weighted by atomic mass is 19.3. The van der Waals surface area contributed by atoms with Gasteiger partial charge in [-0.1, -0.05) is 52.4 Å². The van der Waals surface area contributed by atoms with Crippen molar-refractivity contribution in [2.45, 2.75) is 103 Å². The van der Waals surface area contributed by atoms with E-state index in [4.69, 9.17) is 0 Å². The maximum Gasteiger partial charge on any atom is 0.395 e. The van der Waals surface area contributed by atoms with Gasteiger partial charge < -0.3 is 10.6 Å². The first-order chi connectivity index (χ1) is 12.0. The number of rotatable bonds is 13. The van der Waals surface area contributed by atoms with E-state index in [1.54, 1.807) is 0 Å². The lowest BCUT2D eigenvalue weighted by molar-refractivity contribution is -0.212. The van der Waals surface area contributed by atoms with Gasteiger partial charge in [-0.05, 0) is 26.7 Å². The van der Waals surface area contributed by atoms with Gasteiger partial charge in [0.25, 0.3) is 11.8 Å². The summed E-state index contributed by atoms with van der Waals surface area (Å²) in [5, 5.41) is 3.77. The third kappa shape index (κ3) is 7.50. The fourth-order valence-corrected chi connectivity index (χ4v) is 2.46. The maximum atomic E-state index is 13.9. The predicted molar refractivity (Wildman–Crippen MR) is 93.4 cm³/mol. The summed E-state index contributed by atoms with van der Waals surface area (Å²) in [6.07, 6.45) is 5.71. The van der Waals surface area contributed by atoms with Crippen molar-refractivity contribution in [3.63, 3.8) is 0 Å². The maximum absolute atomic E-state index is 13.9. The molecule has 0 spiro atoms. The molecule has 0 aliphatic carbocycles. The van der Waals surface area contributed by atoms with Crippen molar-refractivity contribution >= 4 is 11.8 Å². The van der Waals surface area contributed by atoms with E-state index in [1.165, 1.54) is 13.8 Å². The second-order valence-corrected chi connectivity index (χ2v) is 6.89. The lowest BCUT2D eigenvalue weighted by Crippen LogP contribution is -2.61. The minimum absolute atomic E-state index is 0.405. The average Bonchev–Trinajstić information content (AvgIpc) is 2.54. The Labute approximate surface area is 153 Å². The number of alkyl halides is 4. The number of nitrogens with one attached hydrogen (secondary N) is 2. The summed E-state index contributed by atoms with van der Waals surface area (Å²) in [6.45, 7) is 6.86. The number of carbonyl (C=O) groups excluding carboxylic acids is 2. The average molecular weight is 384 g/mol. The van der Waals surface area contributed by atoms with Gasteiger partial charge in [0.1, 0.15) is 0 Å². The third-order valence-electron chi connectivity index (χ3n) is 4.20. The van der Waals surface area contributed by atoms with Crippen molar-refractivity contribution in [1.82, 2.24) is 10.6 Å². The molecular weight excluding hydrogens is 352 g/mol. The molecule has 0 radical (unpaired) electrons. The van der Waals surface area contributed by atoms with Gasteiger partial charge in [0.15, 0.2) is 0 Å². The molecule has 0 rings (SSSR count). The van der Waals surface area contributed by atoms with Crippen molar-refractivity contribution in [3.8, 4) is 0 Å². The van der Waals surface area contributed by atoms with Gasteiger partial charge in [0.05, 0.1) is 0 Å². The summed E-state index contributed by atoms with van der Waals surface area (Å²) in [6, 6.07) is -1.35. The Bertz CT molecular complexity index is 405. The van der Waals surface area contributed by atoms with Crippen molar-refractivity contribution in [1.29, 1.82) is 0 Å². The number of hydrogen-bond acceptors (Lipinski definition) is 2. The quantitative estimate of drug-likeness (QED) is 0.365. The number of amides is 2. The zero-order valence-electron chi connectivity index (χ0n) is 16.1. The second-order valence-electron chi connectivity index (χ2n) is 6.89. The standard InChI is InChI=1S/C18H32F4N2O2/c1-5-7-9-11-13(3)23-15(25)17(19,20)18(21,22)16(26)24-14(4)12-10-8-6-2/h13-14H,5-12H2,1-4H3,(H,23,25)(H,24,26). The van der Waals surface area contributed by atoms with E-state index in [1.807, 2.05) is 24.5 Å². The summed E-state index contributed by atoms with van der Waals surface area (Å²) in [5.74, 6) is -14.5. The Morgan fingerprint density at radius 2 is 1.04 bits per heavy atom. The topological polar surface area (TPSA) is 58.2 Å². The van der Waals surface area contributed by atoms with Crippen LogP contribution in [0.1, 0.15) is 79.1 Å². The van der Waals surface area contributed by atoms with E-state index in [0.717, 1.165) is 25.7 Å². The van der Waals surface area contributed by atoms with Gasteiger partial charge in [0, 0.05) is 12.1 Å². The molecule has 0 fully saturated rings. The van der Waals surface area contributed by atoms with E-state index in [0.29, 0.717) is 25.7 Å². The van der Waals surface area contributed by atoms with E-state index >= 15 is 0 Å². The molecule has 4 nitrogen and oxygen atoms in total. The highest BCUT2D eigenvalue weighted by Crippen LogP contribution is 2.35.